The smallest absolute Gasteiger partial charge is 0.274 e. The van der Waals surface area contributed by atoms with Gasteiger partial charge in [-0.2, -0.15) is 0 Å². The van der Waals surface area contributed by atoms with Gasteiger partial charge in [-0.15, -0.1) is 0 Å². The fourth-order valence-electron chi connectivity index (χ4n) is 2.44. The molecular weight excluding hydrogens is 254 g/mol. The quantitative estimate of drug-likeness (QED) is 0.621. The summed E-state index contributed by atoms with van der Waals surface area (Å²) in [5.74, 6) is 0.0906. The van der Waals surface area contributed by atoms with Crippen molar-refractivity contribution in [2.45, 2.75) is 32.1 Å². The molecule has 0 aromatic heterocycles. The van der Waals surface area contributed by atoms with Crippen LogP contribution < -0.4 is 0 Å². The highest BCUT2D eigenvalue weighted by atomic mass is 35.5. The highest BCUT2D eigenvalue weighted by Gasteiger charge is 2.26. The molecule has 0 heterocycles. The van der Waals surface area contributed by atoms with E-state index in [4.69, 9.17) is 11.6 Å². The first-order valence-electron chi connectivity index (χ1n) is 6.04. The van der Waals surface area contributed by atoms with E-state index in [1.807, 2.05) is 0 Å². The number of benzene rings is 1. The van der Waals surface area contributed by atoms with Crippen LogP contribution in [0.2, 0.25) is 5.02 Å². The topological polar surface area (TPSA) is 60.2 Å². The molecule has 96 valence electrons. The Morgan fingerprint density at radius 3 is 2.83 bits per heavy atom. The van der Waals surface area contributed by atoms with E-state index >= 15 is 0 Å². The maximum Gasteiger partial charge on any atom is 0.274 e. The van der Waals surface area contributed by atoms with Gasteiger partial charge in [0.05, 0.1) is 9.95 Å². The largest absolute Gasteiger partial charge is 0.299 e. The van der Waals surface area contributed by atoms with Crippen molar-refractivity contribution in [2.75, 3.05) is 0 Å². The van der Waals surface area contributed by atoms with Crippen LogP contribution in [0.15, 0.2) is 18.2 Å². The van der Waals surface area contributed by atoms with Crippen molar-refractivity contribution in [2.24, 2.45) is 5.92 Å². The van der Waals surface area contributed by atoms with Gasteiger partial charge in [-0.25, -0.2) is 0 Å². The number of carbonyl (C=O) groups excluding carboxylic acids is 1. The fraction of sp³-hybridized carbons (Fsp3) is 0.462. The van der Waals surface area contributed by atoms with Gasteiger partial charge in [-0.1, -0.05) is 24.1 Å². The minimum Gasteiger partial charge on any atom is -0.299 e. The normalized spacial score (nSPS) is 19.8. The van der Waals surface area contributed by atoms with Crippen LogP contribution in [0.1, 0.15) is 31.2 Å². The molecule has 0 N–H and O–H groups in total. The van der Waals surface area contributed by atoms with Gasteiger partial charge in [0.25, 0.3) is 5.69 Å². The van der Waals surface area contributed by atoms with Gasteiger partial charge < -0.3 is 0 Å². The molecule has 1 unspecified atom stereocenters. The van der Waals surface area contributed by atoms with E-state index in [0.29, 0.717) is 23.4 Å². The predicted octanol–water partition coefficient (Wildman–Crippen LogP) is 3.55. The molecule has 5 heteroatoms. The lowest BCUT2D eigenvalue weighted by Gasteiger charge is -2.20. The van der Waals surface area contributed by atoms with Gasteiger partial charge in [0.15, 0.2) is 0 Å². The van der Waals surface area contributed by atoms with Crippen molar-refractivity contribution in [3.8, 4) is 0 Å². The van der Waals surface area contributed by atoms with Crippen molar-refractivity contribution in [1.29, 1.82) is 0 Å². The maximum absolute atomic E-state index is 11.8. The number of ketones is 1. The SMILES string of the molecule is O=C1CCCCC1Cc1c(Cl)cccc1[N+](=O)[O-]. The van der Waals surface area contributed by atoms with E-state index in [-0.39, 0.29) is 17.4 Å². The molecule has 0 bridgehead atoms. The van der Waals surface area contributed by atoms with Gasteiger partial charge in [-0.05, 0) is 25.3 Å². The van der Waals surface area contributed by atoms with E-state index in [2.05, 4.69) is 0 Å². The van der Waals surface area contributed by atoms with Crippen molar-refractivity contribution >= 4 is 23.1 Å². The summed E-state index contributed by atoms with van der Waals surface area (Å²) >= 11 is 6.02. The summed E-state index contributed by atoms with van der Waals surface area (Å²) in [5.41, 5.74) is 0.505. The third-order valence-corrected chi connectivity index (χ3v) is 3.78. The molecule has 0 radical (unpaired) electrons. The highest BCUT2D eigenvalue weighted by Crippen LogP contribution is 2.32. The third kappa shape index (κ3) is 2.70. The zero-order valence-electron chi connectivity index (χ0n) is 9.89. The Hall–Kier alpha value is -1.42. The Bertz CT molecular complexity index is 487. The molecule has 1 aliphatic carbocycles. The van der Waals surface area contributed by atoms with E-state index < -0.39 is 4.92 Å². The van der Waals surface area contributed by atoms with Crippen LogP contribution in [0.3, 0.4) is 0 Å². The van der Waals surface area contributed by atoms with Crippen LogP contribution in [0.25, 0.3) is 0 Å². The molecule has 18 heavy (non-hydrogen) atoms. The van der Waals surface area contributed by atoms with Crippen LogP contribution in [-0.4, -0.2) is 10.7 Å². The molecule has 4 nitrogen and oxygen atoms in total. The fourth-order valence-corrected chi connectivity index (χ4v) is 2.68. The van der Waals surface area contributed by atoms with Crippen LogP contribution >= 0.6 is 11.6 Å². The molecule has 0 spiro atoms. The minimum atomic E-state index is -0.436. The van der Waals surface area contributed by atoms with Gasteiger partial charge >= 0.3 is 0 Å². The molecule has 1 atom stereocenters. The summed E-state index contributed by atoms with van der Waals surface area (Å²) in [7, 11) is 0. The number of nitro groups is 1. The second kappa shape index (κ2) is 5.48. The van der Waals surface area contributed by atoms with Crippen LogP contribution in [0, 0.1) is 16.0 Å². The van der Waals surface area contributed by atoms with E-state index in [1.54, 1.807) is 12.1 Å². The van der Waals surface area contributed by atoms with Crippen molar-refractivity contribution < 1.29 is 9.72 Å². The molecule has 1 aliphatic rings. The monoisotopic (exact) mass is 267 g/mol. The molecule has 1 aromatic carbocycles. The van der Waals surface area contributed by atoms with Crippen molar-refractivity contribution in [3.05, 3.63) is 38.9 Å². The summed E-state index contributed by atoms with van der Waals surface area (Å²) in [6.07, 6.45) is 3.72. The lowest BCUT2D eigenvalue weighted by atomic mass is 9.83. The van der Waals surface area contributed by atoms with Crippen molar-refractivity contribution in [3.63, 3.8) is 0 Å². The van der Waals surface area contributed by atoms with Crippen LogP contribution in [-0.2, 0) is 11.2 Å². The number of nitro benzene ring substituents is 1. The van der Waals surface area contributed by atoms with Crippen LogP contribution in [0.4, 0.5) is 5.69 Å². The first kappa shape index (κ1) is 13.0. The van der Waals surface area contributed by atoms with Crippen molar-refractivity contribution in [1.82, 2.24) is 0 Å². The zero-order valence-corrected chi connectivity index (χ0v) is 10.7. The third-order valence-electron chi connectivity index (χ3n) is 3.42. The van der Waals surface area contributed by atoms with Gasteiger partial charge in [0.1, 0.15) is 5.78 Å². The molecule has 1 saturated carbocycles. The first-order valence-corrected chi connectivity index (χ1v) is 6.42. The average Bonchev–Trinajstić information content (AvgIpc) is 2.34. The zero-order chi connectivity index (χ0) is 13.1. The molecular formula is C13H14ClNO3. The molecule has 0 aliphatic heterocycles. The Morgan fingerprint density at radius 2 is 2.17 bits per heavy atom. The standard InChI is InChI=1S/C13H14ClNO3/c14-11-5-3-6-12(15(17)18)10(11)8-9-4-1-2-7-13(9)16/h3,5-6,9H,1-2,4,7-8H2. The molecule has 2 rings (SSSR count). The Labute approximate surface area is 110 Å². The Morgan fingerprint density at radius 1 is 1.39 bits per heavy atom. The molecule has 0 amide bonds. The lowest BCUT2D eigenvalue weighted by Crippen LogP contribution is -2.21. The van der Waals surface area contributed by atoms with E-state index in [0.717, 1.165) is 19.3 Å². The number of nitrogens with zero attached hydrogens (tertiary/aromatic N) is 1. The minimum absolute atomic E-state index is 0.0147. The highest BCUT2D eigenvalue weighted by molar-refractivity contribution is 6.31. The Kier molecular flexibility index (Phi) is 3.97. The van der Waals surface area contributed by atoms with E-state index in [9.17, 15) is 14.9 Å². The van der Waals surface area contributed by atoms with E-state index in [1.165, 1.54) is 6.07 Å². The summed E-state index contributed by atoms with van der Waals surface area (Å²) in [5, 5.41) is 11.3. The Balaban J connectivity index is 2.27. The summed E-state index contributed by atoms with van der Waals surface area (Å²) in [6.45, 7) is 0. The maximum atomic E-state index is 11.8. The summed E-state index contributed by atoms with van der Waals surface area (Å²) in [6, 6.07) is 4.64. The number of Topliss-reactive ketones (excluding diaryl/α,β-unsaturated/α-hetero) is 1. The summed E-state index contributed by atoms with van der Waals surface area (Å²) in [4.78, 5) is 22.3. The first-order chi connectivity index (χ1) is 8.59. The van der Waals surface area contributed by atoms with Gasteiger partial charge in [0, 0.05) is 24.0 Å². The lowest BCUT2D eigenvalue weighted by molar-refractivity contribution is -0.385. The second-order valence-corrected chi connectivity index (χ2v) is 5.01. The summed E-state index contributed by atoms with van der Waals surface area (Å²) < 4.78 is 0. The second-order valence-electron chi connectivity index (χ2n) is 4.61. The van der Waals surface area contributed by atoms with Crippen LogP contribution in [0.5, 0.6) is 0 Å². The van der Waals surface area contributed by atoms with Gasteiger partial charge in [-0.3, -0.25) is 14.9 Å². The average molecular weight is 268 g/mol. The number of hydrogen-bond donors (Lipinski definition) is 0. The number of carbonyl (C=O) groups is 1. The molecule has 0 saturated heterocycles. The number of rotatable bonds is 3. The number of hydrogen-bond acceptors (Lipinski definition) is 3. The molecule has 1 fully saturated rings. The predicted molar refractivity (Wildman–Crippen MR) is 68.8 cm³/mol. The number of halogens is 1. The van der Waals surface area contributed by atoms with Gasteiger partial charge in [0.2, 0.25) is 0 Å². The molecule has 1 aromatic rings.